The van der Waals surface area contributed by atoms with E-state index in [1.165, 1.54) is 16.7 Å². The predicted octanol–water partition coefficient (Wildman–Crippen LogP) is 5.45. The second-order valence-corrected chi connectivity index (χ2v) is 11.4. The molecule has 2 aromatic carbocycles. The summed E-state index contributed by atoms with van der Waals surface area (Å²) in [5.74, 6) is 2.33. The lowest BCUT2D eigenvalue weighted by atomic mass is 9.86. The van der Waals surface area contributed by atoms with E-state index >= 15 is 0 Å². The van der Waals surface area contributed by atoms with Crippen molar-refractivity contribution in [3.8, 4) is 17.1 Å². The number of hydrogen-bond acceptors (Lipinski definition) is 6. The Balaban J connectivity index is 1.13. The first-order chi connectivity index (χ1) is 17.8. The summed E-state index contributed by atoms with van der Waals surface area (Å²) in [6.07, 6.45) is 4.78. The summed E-state index contributed by atoms with van der Waals surface area (Å²) in [6.45, 7) is 8.90. The average Bonchev–Trinajstić information content (AvgIpc) is 3.37. The topological polar surface area (TPSA) is 80.5 Å². The van der Waals surface area contributed by atoms with Gasteiger partial charge in [0, 0.05) is 11.5 Å². The maximum atomic E-state index is 13.1. The van der Waals surface area contributed by atoms with Crippen LogP contribution >= 0.6 is 0 Å². The van der Waals surface area contributed by atoms with Gasteiger partial charge < -0.3 is 14.6 Å². The van der Waals surface area contributed by atoms with Crippen LogP contribution < -0.4 is 10.1 Å². The summed E-state index contributed by atoms with van der Waals surface area (Å²) in [5, 5.41) is 7.54. The molecule has 196 valence electrons. The van der Waals surface area contributed by atoms with E-state index in [1.54, 1.807) is 7.11 Å². The van der Waals surface area contributed by atoms with Gasteiger partial charge in [-0.25, -0.2) is 0 Å². The standard InChI is InChI=1S/C30H38N4O3/c1-30(2,3)23-10-8-20(9-11-23)28-32-27(37-33-28)19-34-16-14-21(15-17-34)29(35)31-26-7-5-6-22-18-24(36-4)12-13-25(22)26/h8-13,18,21,26H,5-7,14-17,19H2,1-4H3,(H,31,35). The number of nitrogens with zero attached hydrogens (tertiary/aromatic N) is 3. The van der Waals surface area contributed by atoms with Gasteiger partial charge in [-0.2, -0.15) is 4.98 Å². The van der Waals surface area contributed by atoms with Crippen LogP contribution in [0.1, 0.15) is 75.1 Å². The Morgan fingerprint density at radius 2 is 1.86 bits per heavy atom. The van der Waals surface area contributed by atoms with Gasteiger partial charge in [0.2, 0.25) is 17.6 Å². The highest BCUT2D eigenvalue weighted by Gasteiger charge is 2.29. The van der Waals surface area contributed by atoms with Crippen molar-refractivity contribution >= 4 is 5.91 Å². The second kappa shape index (κ2) is 10.7. The highest BCUT2D eigenvalue weighted by molar-refractivity contribution is 5.79. The lowest BCUT2D eigenvalue weighted by Crippen LogP contribution is -2.41. The third kappa shape index (κ3) is 5.87. The first-order valence-corrected chi connectivity index (χ1v) is 13.4. The summed E-state index contributed by atoms with van der Waals surface area (Å²) in [7, 11) is 1.69. The van der Waals surface area contributed by atoms with Gasteiger partial charge in [-0.1, -0.05) is 56.3 Å². The van der Waals surface area contributed by atoms with Crippen molar-refractivity contribution in [3.05, 3.63) is 65.0 Å². The summed E-state index contributed by atoms with van der Waals surface area (Å²) >= 11 is 0. The second-order valence-electron chi connectivity index (χ2n) is 11.4. The molecule has 0 saturated carbocycles. The van der Waals surface area contributed by atoms with E-state index in [0.29, 0.717) is 18.3 Å². The molecule has 0 radical (unpaired) electrons. The number of piperidine rings is 1. The monoisotopic (exact) mass is 502 g/mol. The zero-order valence-electron chi connectivity index (χ0n) is 22.4. The van der Waals surface area contributed by atoms with E-state index in [1.807, 2.05) is 6.07 Å². The molecule has 1 aliphatic carbocycles. The molecule has 1 atom stereocenters. The maximum Gasteiger partial charge on any atom is 0.241 e. The van der Waals surface area contributed by atoms with E-state index in [9.17, 15) is 4.79 Å². The van der Waals surface area contributed by atoms with Crippen LogP contribution in [0.3, 0.4) is 0 Å². The number of carbonyl (C=O) groups excluding carboxylic acids is 1. The predicted molar refractivity (Wildman–Crippen MR) is 143 cm³/mol. The largest absolute Gasteiger partial charge is 0.497 e. The molecule has 2 heterocycles. The summed E-state index contributed by atoms with van der Waals surface area (Å²) < 4.78 is 10.9. The molecule has 37 heavy (non-hydrogen) atoms. The molecule has 0 bridgehead atoms. The van der Waals surface area contributed by atoms with Crippen LogP contribution in [0.15, 0.2) is 47.0 Å². The van der Waals surface area contributed by atoms with Crippen LogP contribution in [0.2, 0.25) is 0 Å². The molecule has 2 aliphatic rings. The fourth-order valence-corrected chi connectivity index (χ4v) is 5.46. The van der Waals surface area contributed by atoms with Crippen molar-refractivity contribution in [1.29, 1.82) is 0 Å². The Morgan fingerprint density at radius 1 is 1.11 bits per heavy atom. The normalized spacial score (nSPS) is 18.9. The van der Waals surface area contributed by atoms with E-state index in [-0.39, 0.29) is 23.3 Å². The first-order valence-electron chi connectivity index (χ1n) is 13.4. The van der Waals surface area contributed by atoms with E-state index < -0.39 is 0 Å². The average molecular weight is 503 g/mol. The van der Waals surface area contributed by atoms with Crippen LogP contribution in [0.5, 0.6) is 5.75 Å². The number of benzene rings is 2. The number of amides is 1. The van der Waals surface area contributed by atoms with E-state index in [4.69, 9.17) is 9.26 Å². The van der Waals surface area contributed by atoms with Crippen molar-refractivity contribution in [2.75, 3.05) is 20.2 Å². The Hall–Kier alpha value is -3.19. The molecule has 1 amide bonds. The Morgan fingerprint density at radius 3 is 2.57 bits per heavy atom. The molecule has 1 saturated heterocycles. The van der Waals surface area contributed by atoms with E-state index in [0.717, 1.165) is 56.5 Å². The number of likely N-dealkylation sites (tertiary alicyclic amines) is 1. The SMILES string of the molecule is COc1ccc2c(c1)CCCC2NC(=O)C1CCN(Cc2nc(-c3ccc(C(C)(C)C)cc3)no2)CC1. The molecule has 1 aliphatic heterocycles. The van der Waals surface area contributed by atoms with Crippen molar-refractivity contribution < 1.29 is 14.1 Å². The van der Waals surface area contributed by atoms with Gasteiger partial charge in [0.1, 0.15) is 5.75 Å². The minimum atomic E-state index is 0.0412. The Kier molecular flexibility index (Phi) is 7.33. The van der Waals surface area contributed by atoms with Gasteiger partial charge in [0.25, 0.3) is 0 Å². The molecule has 1 aromatic heterocycles. The van der Waals surface area contributed by atoms with Gasteiger partial charge in [-0.15, -0.1) is 0 Å². The molecule has 7 nitrogen and oxygen atoms in total. The molecular weight excluding hydrogens is 464 g/mol. The molecule has 3 aromatic rings. The molecule has 1 N–H and O–H groups in total. The molecule has 0 spiro atoms. The molecule has 1 fully saturated rings. The van der Waals surface area contributed by atoms with Crippen LogP contribution in [0.25, 0.3) is 11.4 Å². The number of rotatable bonds is 6. The van der Waals surface area contributed by atoms with Crippen LogP contribution in [-0.4, -0.2) is 41.1 Å². The molecular formula is C30H38N4O3. The highest BCUT2D eigenvalue weighted by atomic mass is 16.5. The maximum absolute atomic E-state index is 13.1. The van der Waals surface area contributed by atoms with Crippen molar-refractivity contribution in [2.45, 2.75) is 70.9 Å². The molecule has 5 rings (SSSR count). The summed E-state index contributed by atoms with van der Waals surface area (Å²) in [6, 6.07) is 14.7. The van der Waals surface area contributed by atoms with Crippen LogP contribution in [0, 0.1) is 5.92 Å². The number of ether oxygens (including phenoxy) is 1. The Labute approximate surface area is 219 Å². The smallest absolute Gasteiger partial charge is 0.241 e. The Bertz CT molecular complexity index is 1220. The fourth-order valence-electron chi connectivity index (χ4n) is 5.46. The first kappa shape index (κ1) is 25.5. The number of hydrogen-bond donors (Lipinski definition) is 1. The fraction of sp³-hybridized carbons (Fsp3) is 0.500. The van der Waals surface area contributed by atoms with Crippen LogP contribution in [-0.2, 0) is 23.2 Å². The number of aryl methyl sites for hydroxylation is 1. The van der Waals surface area contributed by atoms with E-state index in [2.05, 4.69) is 77.5 Å². The van der Waals surface area contributed by atoms with Crippen molar-refractivity contribution in [3.63, 3.8) is 0 Å². The number of fused-ring (bicyclic) bond motifs is 1. The number of carbonyl (C=O) groups is 1. The van der Waals surface area contributed by atoms with Crippen LogP contribution in [0.4, 0.5) is 0 Å². The van der Waals surface area contributed by atoms with Gasteiger partial charge in [0.15, 0.2) is 0 Å². The number of aromatic nitrogens is 2. The molecule has 7 heteroatoms. The van der Waals surface area contributed by atoms with Gasteiger partial charge in [0.05, 0.1) is 19.7 Å². The quantitative estimate of drug-likeness (QED) is 0.483. The third-order valence-electron chi connectivity index (χ3n) is 7.78. The minimum Gasteiger partial charge on any atom is -0.497 e. The van der Waals surface area contributed by atoms with Gasteiger partial charge in [-0.05, 0) is 79.4 Å². The number of methoxy groups -OCH3 is 1. The highest BCUT2D eigenvalue weighted by Crippen LogP contribution is 2.33. The van der Waals surface area contributed by atoms with Gasteiger partial charge in [-0.3, -0.25) is 9.69 Å². The van der Waals surface area contributed by atoms with Gasteiger partial charge >= 0.3 is 0 Å². The lowest BCUT2D eigenvalue weighted by molar-refractivity contribution is -0.127. The third-order valence-corrected chi connectivity index (χ3v) is 7.78. The van der Waals surface area contributed by atoms with Crippen molar-refractivity contribution in [1.82, 2.24) is 20.4 Å². The number of nitrogens with one attached hydrogen (secondary N) is 1. The van der Waals surface area contributed by atoms with Crippen molar-refractivity contribution in [2.24, 2.45) is 5.92 Å². The zero-order valence-corrected chi connectivity index (χ0v) is 22.4. The summed E-state index contributed by atoms with van der Waals surface area (Å²) in [4.78, 5) is 20.0. The lowest BCUT2D eigenvalue weighted by Gasteiger charge is -2.32. The minimum absolute atomic E-state index is 0.0412. The molecule has 1 unspecified atom stereocenters. The summed E-state index contributed by atoms with van der Waals surface area (Å²) in [5.41, 5.74) is 4.87. The zero-order chi connectivity index (χ0) is 26.0.